The van der Waals surface area contributed by atoms with Crippen LogP contribution in [-0.4, -0.2) is 6.03 Å². The lowest BCUT2D eigenvalue weighted by Crippen LogP contribution is -2.25. The molecule has 0 bridgehead atoms. The van der Waals surface area contributed by atoms with E-state index in [-0.39, 0.29) is 6.03 Å². The lowest BCUT2D eigenvalue weighted by Gasteiger charge is -2.14. The number of hydrogen-bond acceptors (Lipinski definition) is 1. The Balaban J connectivity index is 1.98. The van der Waals surface area contributed by atoms with Crippen LogP contribution in [0.3, 0.4) is 0 Å². The molecule has 1 aliphatic rings. The first-order chi connectivity index (χ1) is 9.56. The van der Waals surface area contributed by atoms with Crippen LogP contribution in [0.1, 0.15) is 43.2 Å². The van der Waals surface area contributed by atoms with Crippen molar-refractivity contribution in [1.29, 1.82) is 0 Å². The molecule has 108 valence electrons. The summed E-state index contributed by atoms with van der Waals surface area (Å²) in [5, 5.41) is 6.19. The summed E-state index contributed by atoms with van der Waals surface area (Å²) >= 11 is 6.17. The van der Waals surface area contributed by atoms with Gasteiger partial charge in [-0.25, -0.2) is 4.79 Å². The summed E-state index contributed by atoms with van der Waals surface area (Å²) in [5.74, 6) is 0. The molecule has 0 unspecified atom stereocenters. The van der Waals surface area contributed by atoms with Gasteiger partial charge in [-0.05, 0) is 56.7 Å². The molecule has 0 saturated heterocycles. The van der Waals surface area contributed by atoms with Crippen LogP contribution in [0.4, 0.5) is 10.5 Å². The van der Waals surface area contributed by atoms with Gasteiger partial charge in [0.2, 0.25) is 0 Å². The molecule has 1 saturated carbocycles. The highest BCUT2D eigenvalue weighted by atomic mass is 35.5. The van der Waals surface area contributed by atoms with Crippen molar-refractivity contribution in [2.45, 2.75) is 46.0 Å². The number of carbonyl (C=O) groups is 1. The molecular formula is C16H21ClN2O. The molecule has 1 aromatic rings. The molecule has 2 amide bonds. The molecule has 1 aliphatic carbocycles. The summed E-state index contributed by atoms with van der Waals surface area (Å²) in [7, 11) is 0. The third-order valence-electron chi connectivity index (χ3n) is 3.57. The van der Waals surface area contributed by atoms with Crippen LogP contribution in [0.5, 0.6) is 0 Å². The number of amides is 2. The zero-order valence-electron chi connectivity index (χ0n) is 12.1. The summed E-state index contributed by atoms with van der Waals surface area (Å²) in [6, 6.07) is 3.61. The third-order valence-corrected chi connectivity index (χ3v) is 3.87. The van der Waals surface area contributed by atoms with Gasteiger partial charge in [0.15, 0.2) is 0 Å². The molecule has 0 aromatic heterocycles. The first kappa shape index (κ1) is 14.9. The molecule has 3 nitrogen and oxygen atoms in total. The number of anilines is 1. The van der Waals surface area contributed by atoms with Gasteiger partial charge in [-0.2, -0.15) is 0 Å². The fourth-order valence-electron chi connectivity index (χ4n) is 2.54. The van der Waals surface area contributed by atoms with Crippen molar-refractivity contribution in [3.63, 3.8) is 0 Å². The summed E-state index contributed by atoms with van der Waals surface area (Å²) in [5.41, 5.74) is 4.05. The lowest BCUT2D eigenvalue weighted by molar-refractivity contribution is 0.255. The Morgan fingerprint density at radius 3 is 2.55 bits per heavy atom. The van der Waals surface area contributed by atoms with Gasteiger partial charge in [0.1, 0.15) is 0 Å². The number of carbonyl (C=O) groups excluding carboxylic acids is 1. The summed E-state index contributed by atoms with van der Waals surface area (Å²) < 4.78 is 0. The maximum Gasteiger partial charge on any atom is 0.323 e. The van der Waals surface area contributed by atoms with Gasteiger partial charge < -0.3 is 10.6 Å². The van der Waals surface area contributed by atoms with Gasteiger partial charge in [-0.3, -0.25) is 0 Å². The Morgan fingerprint density at radius 2 is 1.90 bits per heavy atom. The summed E-state index contributed by atoms with van der Waals surface area (Å²) in [4.78, 5) is 11.9. The van der Waals surface area contributed by atoms with Crippen molar-refractivity contribution in [3.05, 3.63) is 40.1 Å². The second-order valence-corrected chi connectivity index (χ2v) is 5.81. The highest BCUT2D eigenvalue weighted by molar-refractivity contribution is 6.34. The van der Waals surface area contributed by atoms with Crippen LogP contribution in [0.15, 0.2) is 23.9 Å². The molecule has 4 heteroatoms. The van der Waals surface area contributed by atoms with E-state index >= 15 is 0 Å². The Morgan fingerprint density at radius 1 is 1.20 bits per heavy atom. The molecule has 0 spiro atoms. The van der Waals surface area contributed by atoms with Crippen molar-refractivity contribution < 1.29 is 4.79 Å². The van der Waals surface area contributed by atoms with Crippen LogP contribution in [0.25, 0.3) is 0 Å². The summed E-state index contributed by atoms with van der Waals surface area (Å²) in [6.07, 6.45) is 7.75. The number of halogens is 1. The maximum absolute atomic E-state index is 11.9. The minimum Gasteiger partial charge on any atom is -0.314 e. The van der Waals surface area contributed by atoms with E-state index in [1.54, 1.807) is 0 Å². The molecule has 1 aromatic carbocycles. The number of urea groups is 1. The van der Waals surface area contributed by atoms with Gasteiger partial charge in [0.05, 0.1) is 10.7 Å². The van der Waals surface area contributed by atoms with Crippen molar-refractivity contribution in [1.82, 2.24) is 5.32 Å². The van der Waals surface area contributed by atoms with Gasteiger partial charge in [0.25, 0.3) is 0 Å². The fraction of sp³-hybridized carbons (Fsp3) is 0.438. The number of aryl methyl sites for hydroxylation is 2. The van der Waals surface area contributed by atoms with E-state index in [0.717, 1.165) is 24.0 Å². The first-order valence-electron chi connectivity index (χ1n) is 7.08. The normalized spacial score (nSPS) is 14.8. The monoisotopic (exact) mass is 292 g/mol. The van der Waals surface area contributed by atoms with Crippen molar-refractivity contribution >= 4 is 23.3 Å². The second kappa shape index (κ2) is 6.80. The lowest BCUT2D eigenvalue weighted by atomic mass is 9.96. The van der Waals surface area contributed by atoms with Gasteiger partial charge in [-0.1, -0.05) is 29.7 Å². The van der Waals surface area contributed by atoms with E-state index in [1.807, 2.05) is 32.2 Å². The molecule has 0 atom stereocenters. The second-order valence-electron chi connectivity index (χ2n) is 5.40. The van der Waals surface area contributed by atoms with Crippen LogP contribution < -0.4 is 10.6 Å². The van der Waals surface area contributed by atoms with Gasteiger partial charge in [-0.15, -0.1) is 0 Å². The number of rotatable bonds is 2. The largest absolute Gasteiger partial charge is 0.323 e. The van der Waals surface area contributed by atoms with Crippen LogP contribution in [0, 0.1) is 13.8 Å². The zero-order chi connectivity index (χ0) is 14.5. The van der Waals surface area contributed by atoms with Crippen molar-refractivity contribution in [3.8, 4) is 0 Å². The Hall–Kier alpha value is -1.48. The fourth-order valence-corrected chi connectivity index (χ4v) is 2.91. The highest BCUT2D eigenvalue weighted by Gasteiger charge is 2.09. The zero-order valence-corrected chi connectivity index (χ0v) is 12.8. The predicted molar refractivity (Wildman–Crippen MR) is 84.2 cm³/mol. The Bertz CT molecular complexity index is 506. The van der Waals surface area contributed by atoms with E-state index in [2.05, 4.69) is 10.6 Å². The average Bonchev–Trinajstić information content (AvgIpc) is 2.42. The summed E-state index contributed by atoms with van der Waals surface area (Å²) in [6.45, 7) is 3.92. The number of benzene rings is 1. The molecule has 20 heavy (non-hydrogen) atoms. The van der Waals surface area contributed by atoms with E-state index in [1.165, 1.54) is 24.8 Å². The molecule has 0 heterocycles. The minimum atomic E-state index is -0.239. The molecule has 2 N–H and O–H groups in total. The highest BCUT2D eigenvalue weighted by Crippen LogP contribution is 2.27. The quantitative estimate of drug-likeness (QED) is 0.797. The number of nitrogens with one attached hydrogen (secondary N) is 2. The van der Waals surface area contributed by atoms with Gasteiger partial charge in [0, 0.05) is 6.20 Å². The Kier molecular flexibility index (Phi) is 5.07. The topological polar surface area (TPSA) is 41.1 Å². The van der Waals surface area contributed by atoms with Crippen LogP contribution >= 0.6 is 11.6 Å². The van der Waals surface area contributed by atoms with Gasteiger partial charge >= 0.3 is 6.03 Å². The molecule has 0 radical (unpaired) electrons. The van der Waals surface area contributed by atoms with Crippen LogP contribution in [0.2, 0.25) is 5.02 Å². The standard InChI is InChI=1S/C16H21ClN2O/c1-11-8-12(2)15(14(17)9-11)19-16(20)18-10-13-6-4-3-5-7-13/h8-10H,3-7H2,1-2H3,(H2,18,19,20). The average molecular weight is 293 g/mol. The molecular weight excluding hydrogens is 272 g/mol. The minimum absolute atomic E-state index is 0.239. The van der Waals surface area contributed by atoms with E-state index in [4.69, 9.17) is 11.6 Å². The van der Waals surface area contributed by atoms with E-state index in [9.17, 15) is 4.79 Å². The number of hydrogen-bond donors (Lipinski definition) is 2. The first-order valence-corrected chi connectivity index (χ1v) is 7.46. The maximum atomic E-state index is 11.9. The van der Waals surface area contributed by atoms with Crippen molar-refractivity contribution in [2.75, 3.05) is 5.32 Å². The smallest absolute Gasteiger partial charge is 0.314 e. The number of allylic oxidation sites excluding steroid dienone is 1. The van der Waals surface area contributed by atoms with Crippen LogP contribution in [-0.2, 0) is 0 Å². The molecule has 0 aliphatic heterocycles. The SMILES string of the molecule is Cc1cc(C)c(NC(=O)NC=C2CCCCC2)c(Cl)c1. The van der Waals surface area contributed by atoms with Crippen molar-refractivity contribution in [2.24, 2.45) is 0 Å². The molecule has 2 rings (SSSR count). The third kappa shape index (κ3) is 4.01. The van der Waals surface area contributed by atoms with E-state index in [0.29, 0.717) is 10.7 Å². The predicted octanol–water partition coefficient (Wildman–Crippen LogP) is 4.93. The molecule has 1 fully saturated rings. The Labute approximate surface area is 125 Å². The van der Waals surface area contributed by atoms with E-state index < -0.39 is 0 Å².